The monoisotopic (exact) mass is 452 g/mol. The van der Waals surface area contributed by atoms with E-state index in [4.69, 9.17) is 9.47 Å². The molecule has 1 aliphatic rings. The quantitative estimate of drug-likeness (QED) is 0.585. The number of nitrogens with one attached hydrogen (secondary N) is 1. The number of aromatic nitrogens is 2. The van der Waals surface area contributed by atoms with Gasteiger partial charge in [-0.15, -0.1) is 10.2 Å². The molecule has 0 saturated carbocycles. The van der Waals surface area contributed by atoms with Crippen molar-refractivity contribution in [1.29, 1.82) is 0 Å². The molecule has 1 atom stereocenters. The van der Waals surface area contributed by atoms with Crippen LogP contribution in [0.5, 0.6) is 11.5 Å². The largest absolute Gasteiger partial charge is 0.496 e. The molecule has 1 fully saturated rings. The van der Waals surface area contributed by atoms with Crippen molar-refractivity contribution < 1.29 is 19.1 Å². The fourth-order valence-corrected chi connectivity index (χ4v) is 4.55. The Balaban J connectivity index is 1.47. The molecule has 0 radical (unpaired) electrons. The van der Waals surface area contributed by atoms with Gasteiger partial charge in [-0.1, -0.05) is 36.5 Å². The van der Waals surface area contributed by atoms with E-state index in [9.17, 15) is 9.59 Å². The minimum absolute atomic E-state index is 0.0544. The Labute approximate surface area is 190 Å². The number of carbonyl (C=O) groups is 2. The van der Waals surface area contributed by atoms with E-state index in [-0.39, 0.29) is 17.4 Å². The number of ether oxygens (including phenoxy) is 2. The van der Waals surface area contributed by atoms with Gasteiger partial charge in [-0.3, -0.25) is 14.9 Å². The summed E-state index contributed by atoms with van der Waals surface area (Å²) >= 11 is 1.27. The third-order valence-corrected chi connectivity index (χ3v) is 6.45. The molecule has 2 heterocycles. The lowest BCUT2D eigenvalue weighted by atomic mass is 10.1. The van der Waals surface area contributed by atoms with Crippen molar-refractivity contribution in [3.63, 3.8) is 0 Å². The van der Waals surface area contributed by atoms with Crippen LogP contribution in [0.1, 0.15) is 40.2 Å². The van der Waals surface area contributed by atoms with Crippen LogP contribution in [0.15, 0.2) is 42.5 Å². The minimum Gasteiger partial charge on any atom is -0.496 e. The Morgan fingerprint density at radius 1 is 1.12 bits per heavy atom. The predicted molar refractivity (Wildman–Crippen MR) is 123 cm³/mol. The van der Waals surface area contributed by atoms with E-state index >= 15 is 0 Å². The fourth-order valence-electron chi connectivity index (χ4n) is 3.72. The summed E-state index contributed by atoms with van der Waals surface area (Å²) in [4.78, 5) is 27.2. The van der Waals surface area contributed by atoms with E-state index in [1.54, 1.807) is 23.1 Å². The molecule has 166 valence electrons. The van der Waals surface area contributed by atoms with Gasteiger partial charge in [0, 0.05) is 24.6 Å². The number of benzene rings is 2. The summed E-state index contributed by atoms with van der Waals surface area (Å²) in [6.07, 6.45) is 1.31. The Morgan fingerprint density at radius 3 is 2.44 bits per heavy atom. The van der Waals surface area contributed by atoms with E-state index in [2.05, 4.69) is 22.4 Å². The Kier molecular flexibility index (Phi) is 6.36. The third kappa shape index (κ3) is 4.29. The second-order valence-electron chi connectivity index (χ2n) is 7.36. The van der Waals surface area contributed by atoms with Crippen molar-refractivity contribution in [3.8, 4) is 11.5 Å². The molecule has 3 aromatic rings. The number of hydrogen-bond donors (Lipinski definition) is 1. The summed E-state index contributed by atoms with van der Waals surface area (Å²) in [5.74, 6) is 0.383. The van der Waals surface area contributed by atoms with Gasteiger partial charge in [0.25, 0.3) is 5.91 Å². The first kappa shape index (κ1) is 21.8. The van der Waals surface area contributed by atoms with Crippen LogP contribution in [0.4, 0.5) is 10.8 Å². The van der Waals surface area contributed by atoms with Gasteiger partial charge in [-0.2, -0.15) is 0 Å². The van der Waals surface area contributed by atoms with Gasteiger partial charge < -0.3 is 14.4 Å². The number of carbonyl (C=O) groups excluding carboxylic acids is 2. The zero-order valence-corrected chi connectivity index (χ0v) is 18.9. The third-order valence-electron chi connectivity index (χ3n) is 5.45. The molecule has 1 aromatic heterocycles. The minimum atomic E-state index is -0.401. The second kappa shape index (κ2) is 9.35. The summed E-state index contributed by atoms with van der Waals surface area (Å²) < 4.78 is 10.6. The lowest BCUT2D eigenvalue weighted by molar-refractivity contribution is -0.117. The molecule has 2 aromatic carbocycles. The maximum Gasteiger partial charge on any atom is 0.265 e. The number of aryl methyl sites for hydroxylation is 1. The van der Waals surface area contributed by atoms with Crippen molar-refractivity contribution >= 4 is 34.0 Å². The van der Waals surface area contributed by atoms with Crippen LogP contribution < -0.4 is 19.7 Å². The lowest BCUT2D eigenvalue weighted by Crippen LogP contribution is -2.24. The van der Waals surface area contributed by atoms with Crippen LogP contribution in [-0.4, -0.2) is 42.8 Å². The highest BCUT2D eigenvalue weighted by Crippen LogP contribution is 2.35. The smallest absolute Gasteiger partial charge is 0.265 e. The zero-order valence-electron chi connectivity index (χ0n) is 18.1. The molecule has 1 saturated heterocycles. The highest BCUT2D eigenvalue weighted by atomic mass is 32.1. The van der Waals surface area contributed by atoms with E-state index in [1.165, 1.54) is 31.1 Å². The number of rotatable bonds is 7. The summed E-state index contributed by atoms with van der Waals surface area (Å²) in [5, 5.41) is 12.2. The molecular weight excluding hydrogens is 428 g/mol. The Hall–Kier alpha value is -3.46. The number of anilines is 2. The van der Waals surface area contributed by atoms with Gasteiger partial charge >= 0.3 is 0 Å². The normalized spacial score (nSPS) is 15.7. The van der Waals surface area contributed by atoms with Gasteiger partial charge in [0.05, 0.1) is 14.2 Å². The van der Waals surface area contributed by atoms with Crippen LogP contribution in [0.3, 0.4) is 0 Å². The average Bonchev–Trinajstić information content (AvgIpc) is 3.44. The molecule has 1 aliphatic heterocycles. The van der Waals surface area contributed by atoms with E-state index in [0.29, 0.717) is 34.6 Å². The van der Waals surface area contributed by atoms with E-state index in [0.717, 1.165) is 12.1 Å². The van der Waals surface area contributed by atoms with Gasteiger partial charge in [0.2, 0.25) is 11.0 Å². The number of methoxy groups -OCH3 is 2. The maximum absolute atomic E-state index is 12.9. The standard InChI is InChI=1S/C23H24N4O4S/c1-4-14-8-10-16(11-9-14)27-13-15(12-19(27)28)22-25-26-23(32-22)24-21(29)20-17(30-2)6-5-7-18(20)31-3/h5-11,15H,4,12-13H2,1-3H3,(H,24,26,29). The Bertz CT molecular complexity index is 1110. The fraction of sp³-hybridized carbons (Fsp3) is 0.304. The van der Waals surface area contributed by atoms with Gasteiger partial charge in [0.1, 0.15) is 22.1 Å². The van der Waals surface area contributed by atoms with E-state index in [1.807, 2.05) is 24.3 Å². The summed E-state index contributed by atoms with van der Waals surface area (Å²) in [5.41, 5.74) is 2.40. The number of hydrogen-bond acceptors (Lipinski definition) is 7. The SMILES string of the molecule is CCc1ccc(N2CC(c3nnc(NC(=O)c4c(OC)cccc4OC)s3)CC2=O)cc1. The molecule has 0 spiro atoms. The van der Waals surface area contributed by atoms with Crippen LogP contribution >= 0.6 is 11.3 Å². The maximum atomic E-state index is 12.9. The first-order chi connectivity index (χ1) is 15.5. The van der Waals surface area contributed by atoms with Crippen LogP contribution in [0.2, 0.25) is 0 Å². The van der Waals surface area contributed by atoms with Crippen molar-refractivity contribution in [1.82, 2.24) is 10.2 Å². The van der Waals surface area contributed by atoms with Crippen molar-refractivity contribution in [2.75, 3.05) is 31.0 Å². The molecule has 4 rings (SSSR count). The second-order valence-corrected chi connectivity index (χ2v) is 8.37. The topological polar surface area (TPSA) is 93.7 Å². The summed E-state index contributed by atoms with van der Waals surface area (Å²) in [7, 11) is 2.99. The summed E-state index contributed by atoms with van der Waals surface area (Å²) in [6.45, 7) is 2.63. The Morgan fingerprint density at radius 2 is 1.81 bits per heavy atom. The van der Waals surface area contributed by atoms with Crippen molar-refractivity contribution in [2.45, 2.75) is 25.7 Å². The summed E-state index contributed by atoms with van der Waals surface area (Å²) in [6, 6.07) is 13.2. The van der Waals surface area contributed by atoms with Crippen LogP contribution in [-0.2, 0) is 11.2 Å². The van der Waals surface area contributed by atoms with Crippen molar-refractivity contribution in [2.24, 2.45) is 0 Å². The highest BCUT2D eigenvalue weighted by Gasteiger charge is 2.34. The molecular formula is C23H24N4O4S. The predicted octanol–water partition coefficient (Wildman–Crippen LogP) is 3.89. The molecule has 2 amide bonds. The van der Waals surface area contributed by atoms with E-state index < -0.39 is 5.91 Å². The highest BCUT2D eigenvalue weighted by molar-refractivity contribution is 7.15. The number of amides is 2. The molecule has 0 aliphatic carbocycles. The first-order valence-corrected chi connectivity index (χ1v) is 11.1. The molecule has 1 unspecified atom stereocenters. The average molecular weight is 453 g/mol. The molecule has 32 heavy (non-hydrogen) atoms. The van der Waals surface area contributed by atoms with Gasteiger partial charge in [-0.25, -0.2) is 0 Å². The zero-order chi connectivity index (χ0) is 22.7. The lowest BCUT2D eigenvalue weighted by Gasteiger charge is -2.16. The van der Waals surface area contributed by atoms with Gasteiger partial charge in [0.15, 0.2) is 0 Å². The molecule has 1 N–H and O–H groups in total. The van der Waals surface area contributed by atoms with Crippen LogP contribution in [0.25, 0.3) is 0 Å². The van der Waals surface area contributed by atoms with Crippen LogP contribution in [0, 0.1) is 0 Å². The molecule has 8 nitrogen and oxygen atoms in total. The molecule has 0 bridgehead atoms. The van der Waals surface area contributed by atoms with Crippen molar-refractivity contribution in [3.05, 3.63) is 58.6 Å². The first-order valence-electron chi connectivity index (χ1n) is 10.3. The van der Waals surface area contributed by atoms with Gasteiger partial charge in [-0.05, 0) is 36.2 Å². The molecule has 9 heteroatoms. The number of nitrogens with zero attached hydrogens (tertiary/aromatic N) is 3.